The number of hydrogen-bond acceptors (Lipinski definition) is 0. The van der Waals surface area contributed by atoms with E-state index >= 15 is 0 Å². The van der Waals surface area contributed by atoms with Gasteiger partial charge in [0.1, 0.15) is 0 Å². The second kappa shape index (κ2) is 30.5. The Labute approximate surface area is 88.1 Å². The van der Waals surface area contributed by atoms with Gasteiger partial charge in [-0.25, -0.2) is 0 Å². The second-order valence-corrected chi connectivity index (χ2v) is 3.31. The van der Waals surface area contributed by atoms with Gasteiger partial charge in [-0.05, 0) is 18.3 Å². The van der Waals surface area contributed by atoms with E-state index in [9.17, 15) is 0 Å². The third kappa shape index (κ3) is 97.9. The van der Waals surface area contributed by atoms with Crippen LogP contribution in [-0.2, 0) is 0 Å². The van der Waals surface area contributed by atoms with Gasteiger partial charge in [0.25, 0.3) is 0 Å². The first-order valence-electron chi connectivity index (χ1n) is 3.30. The fourth-order valence-corrected chi connectivity index (χ4v) is 0.289. The van der Waals surface area contributed by atoms with E-state index in [-0.39, 0.29) is 8.96 Å². The van der Waals surface area contributed by atoms with Crippen LogP contribution in [0.1, 0.15) is 6.92 Å². The van der Waals surface area contributed by atoms with E-state index in [4.69, 9.17) is 18.0 Å². The molecule has 0 aliphatic heterocycles. The van der Waals surface area contributed by atoms with Crippen LogP contribution in [0.15, 0.2) is 24.1 Å². The van der Waals surface area contributed by atoms with Gasteiger partial charge in [-0.2, -0.15) is 12.0 Å². The Bertz CT molecular complexity index is 274. The van der Waals surface area contributed by atoms with E-state index in [2.05, 4.69) is 18.5 Å². The lowest BCUT2D eigenvalue weighted by Crippen LogP contribution is -1.48. The monoisotopic (exact) mass is 216 g/mol. The zero-order valence-electron chi connectivity index (χ0n) is 7.75. The summed E-state index contributed by atoms with van der Waals surface area (Å²) in [5.74, 6) is 0. The van der Waals surface area contributed by atoms with E-state index < -0.39 is 0 Å². The Morgan fingerprint density at radius 2 is 1.62 bits per heavy atom. The zero-order chi connectivity index (χ0) is 10.9. The van der Waals surface area contributed by atoms with Crippen LogP contribution in [0.5, 0.6) is 0 Å². The topological polar surface area (TPSA) is 0 Å². The Kier molecular flexibility index (Phi) is 42.1. The maximum Gasteiger partial charge on any atom is 0.0800 e. The van der Waals surface area contributed by atoms with Crippen LogP contribution in [0.2, 0.25) is 0 Å². The molecule has 0 unspecified atom stereocenters. The fraction of sp³-hybridized carbons (Fsp3) is 0.100. The van der Waals surface area contributed by atoms with Crippen molar-refractivity contribution in [3.05, 3.63) is 24.1 Å². The van der Waals surface area contributed by atoms with Crippen LogP contribution in [0.4, 0.5) is 0 Å². The summed E-state index contributed by atoms with van der Waals surface area (Å²) in [6.45, 7) is 5.32. The molecule has 0 aliphatic rings. The smallest absolute Gasteiger partial charge is 0.0800 e. The summed E-state index contributed by atoms with van der Waals surface area (Å²) in [4.78, 5) is 0. The first-order chi connectivity index (χ1) is 6.24. The van der Waals surface area contributed by atoms with Crippen molar-refractivity contribution in [3.63, 3.8) is 0 Å². The SMILES string of the molecule is C#C[Si]#C.C#[Si]C=C.C#[Si]C=CC. The predicted octanol–water partition coefficient (Wildman–Crippen LogP) is 1.11. The first-order valence-corrected chi connectivity index (χ1v) is 6.69. The number of rotatable bonds is 0. The van der Waals surface area contributed by atoms with Crippen molar-refractivity contribution >= 4 is 26.9 Å². The second-order valence-electron chi connectivity index (χ2n) is 1.33. The molecule has 3 heteroatoms. The van der Waals surface area contributed by atoms with Gasteiger partial charge >= 0.3 is 0 Å². The van der Waals surface area contributed by atoms with E-state index in [1.807, 2.05) is 18.7 Å². The minimum Gasteiger partial charge on any atom is -0.154 e. The molecule has 0 bridgehead atoms. The average Bonchev–Trinajstić information content (AvgIpc) is 2.20. The molecule has 0 aromatic rings. The summed E-state index contributed by atoms with van der Waals surface area (Å²) >= 11 is 0. The van der Waals surface area contributed by atoms with Crippen molar-refractivity contribution < 1.29 is 0 Å². The molecule has 0 fully saturated rings. The van der Waals surface area contributed by atoms with Crippen molar-refractivity contribution in [1.82, 2.24) is 0 Å². The molecule has 0 rings (SSSR count). The fourth-order valence-electron chi connectivity index (χ4n) is 0.0962. The lowest BCUT2D eigenvalue weighted by Gasteiger charge is -1.51. The summed E-state index contributed by atoms with van der Waals surface area (Å²) in [5.41, 5.74) is 5.85. The first kappa shape index (κ1) is 17.9. The van der Waals surface area contributed by atoms with Crippen molar-refractivity contribution in [2.75, 3.05) is 0 Å². The van der Waals surface area contributed by atoms with Gasteiger partial charge in [0.2, 0.25) is 0 Å². The van der Waals surface area contributed by atoms with Crippen LogP contribution < -0.4 is 0 Å². The van der Waals surface area contributed by atoms with Gasteiger partial charge in [-0.1, -0.05) is 18.2 Å². The Morgan fingerprint density at radius 3 is 1.62 bits per heavy atom. The van der Waals surface area contributed by atoms with Gasteiger partial charge in [0.15, 0.2) is 0 Å². The van der Waals surface area contributed by atoms with Gasteiger partial charge < -0.3 is 0 Å². The molecule has 13 heavy (non-hydrogen) atoms. The molecule has 0 atom stereocenters. The van der Waals surface area contributed by atoms with Crippen LogP contribution in [-0.4, -0.2) is 26.9 Å². The van der Waals surface area contributed by atoms with Crippen LogP contribution in [0, 0.1) is 30.0 Å². The Morgan fingerprint density at radius 1 is 1.23 bits per heavy atom. The van der Waals surface area contributed by atoms with Crippen LogP contribution in [0.25, 0.3) is 0 Å². The van der Waals surface area contributed by atoms with Crippen LogP contribution in [0.3, 0.4) is 0 Å². The normalized spacial score (nSPS) is 5.00. The molecule has 0 nitrogen and oxygen atoms in total. The highest BCUT2D eigenvalue weighted by molar-refractivity contribution is 6.33. The van der Waals surface area contributed by atoms with Crippen LogP contribution >= 0.6 is 0 Å². The minimum atomic E-state index is 0.168. The van der Waals surface area contributed by atoms with E-state index in [0.717, 1.165) is 0 Å². The molecule has 0 saturated heterocycles. The third-order valence-corrected chi connectivity index (χ3v) is 1.39. The summed E-state index contributed by atoms with van der Waals surface area (Å²) in [7, 11) is 1.05. The maximum atomic E-state index is 5.08. The molecular weight excluding hydrogens is 204 g/mol. The molecule has 0 spiro atoms. The molecule has 0 aliphatic carbocycles. The average molecular weight is 216 g/mol. The summed E-state index contributed by atoms with van der Waals surface area (Å²) < 4.78 is 0. The summed E-state index contributed by atoms with van der Waals surface area (Å²) in [6.07, 6.45) is 6.61. The van der Waals surface area contributed by atoms with E-state index in [1.54, 1.807) is 5.70 Å². The van der Waals surface area contributed by atoms with Crippen molar-refractivity contribution in [1.29, 1.82) is 0 Å². The van der Waals surface area contributed by atoms with E-state index in [1.165, 1.54) is 0 Å². The largest absolute Gasteiger partial charge is 0.154 e. The van der Waals surface area contributed by atoms with Crippen molar-refractivity contribution in [2.45, 2.75) is 6.92 Å². The molecule has 0 aromatic carbocycles. The third-order valence-electron chi connectivity index (χ3n) is 0.464. The number of hydrogen-bond donors (Lipinski definition) is 0. The Hall–Kier alpha value is -0.969. The lowest BCUT2D eigenvalue weighted by atomic mass is 10.8. The van der Waals surface area contributed by atoms with Gasteiger partial charge in [0.05, 0.1) is 8.96 Å². The molecule has 0 radical (unpaired) electrons. The molecule has 0 amide bonds. The molecule has 64 valence electrons. The van der Waals surface area contributed by atoms with E-state index in [0.29, 0.717) is 17.9 Å². The quantitative estimate of drug-likeness (QED) is 0.420. The molecule has 0 aromatic heterocycles. The molecule has 0 saturated carbocycles. The summed E-state index contributed by atoms with van der Waals surface area (Å²) in [6, 6.07) is 14.8. The van der Waals surface area contributed by atoms with Crippen molar-refractivity contribution in [3.8, 4) is 30.0 Å². The minimum absolute atomic E-state index is 0.168. The highest BCUT2D eigenvalue weighted by Crippen LogP contribution is 1.53. The van der Waals surface area contributed by atoms with Gasteiger partial charge in [-0.15, -0.1) is 12.4 Å². The Balaban J connectivity index is -0.000000117. The summed E-state index contributed by atoms with van der Waals surface area (Å²) in [5, 5.41) is 0. The lowest BCUT2D eigenvalue weighted by molar-refractivity contribution is 1.78. The van der Waals surface area contributed by atoms with Gasteiger partial charge in [-0.3, -0.25) is 0 Å². The predicted molar refractivity (Wildman–Crippen MR) is 65.9 cm³/mol. The molecular formula is C10H12Si3. The maximum absolute atomic E-state index is 5.08. The molecule has 0 heterocycles. The number of terminal acetylenes is 1. The zero-order valence-corrected chi connectivity index (χ0v) is 10.7. The standard InChI is InChI=1S/C4H6Si.C3H4Si.C3H2Si/c1-3-4-5-2;2*1-3-4-2/h2-4H,1H3;2-3H,1H2;1-2H. The van der Waals surface area contributed by atoms with Crippen molar-refractivity contribution in [2.24, 2.45) is 0 Å². The highest BCUT2D eigenvalue weighted by Gasteiger charge is 1.41. The highest BCUT2D eigenvalue weighted by atomic mass is 28.2. The number of allylic oxidation sites excluding steroid dienone is 1. The molecule has 0 N–H and O–H groups in total. The van der Waals surface area contributed by atoms with Gasteiger partial charge in [0, 0.05) is 17.9 Å².